The summed E-state index contributed by atoms with van der Waals surface area (Å²) in [6.07, 6.45) is -5.64. The van der Waals surface area contributed by atoms with E-state index in [4.69, 9.17) is 16.3 Å². The number of benzene rings is 1. The van der Waals surface area contributed by atoms with E-state index in [2.05, 4.69) is 10.2 Å². The van der Waals surface area contributed by atoms with E-state index in [-0.39, 0.29) is 0 Å². The van der Waals surface area contributed by atoms with Crippen molar-refractivity contribution in [2.45, 2.75) is 36.9 Å². The van der Waals surface area contributed by atoms with Crippen molar-refractivity contribution in [2.24, 2.45) is 0 Å². The van der Waals surface area contributed by atoms with Crippen LogP contribution in [0.2, 0.25) is 5.02 Å². The maximum absolute atomic E-state index is 10.4. The molecule has 0 spiro atoms. The van der Waals surface area contributed by atoms with Crippen LogP contribution in [0.1, 0.15) is 22.9 Å². The second-order valence-corrected chi connectivity index (χ2v) is 8.52. The number of aromatic nitrogens is 2. The van der Waals surface area contributed by atoms with Crippen molar-refractivity contribution < 1.29 is 25.2 Å². The number of hydrogen-bond donors (Lipinski definition) is 4. The Bertz CT molecular complexity index is 984. The van der Waals surface area contributed by atoms with Gasteiger partial charge in [-0.1, -0.05) is 29.8 Å². The first-order valence-electron chi connectivity index (χ1n) is 9.43. The molecule has 7 nitrogen and oxygen atoms in total. The maximum Gasteiger partial charge on any atom is 0.113 e. The lowest BCUT2D eigenvalue weighted by molar-refractivity contribution is -0.231. The van der Waals surface area contributed by atoms with Gasteiger partial charge in [0.05, 0.1) is 17.2 Å². The van der Waals surface area contributed by atoms with E-state index in [0.29, 0.717) is 17.0 Å². The van der Waals surface area contributed by atoms with Crippen molar-refractivity contribution in [1.29, 1.82) is 0 Å². The lowest BCUT2D eigenvalue weighted by atomic mass is 9.90. The zero-order valence-electron chi connectivity index (χ0n) is 15.8. The Labute approximate surface area is 182 Å². The highest BCUT2D eigenvalue weighted by Gasteiger charge is 2.44. The van der Waals surface area contributed by atoms with E-state index in [0.717, 1.165) is 21.8 Å². The summed E-state index contributed by atoms with van der Waals surface area (Å²) < 4.78 is 5.64. The van der Waals surface area contributed by atoms with E-state index < -0.39 is 37.1 Å². The van der Waals surface area contributed by atoms with Crippen molar-refractivity contribution in [2.75, 3.05) is 6.61 Å². The van der Waals surface area contributed by atoms with E-state index in [1.165, 1.54) is 0 Å². The van der Waals surface area contributed by atoms with Crippen molar-refractivity contribution in [3.05, 3.63) is 69.7 Å². The third kappa shape index (κ3) is 4.26. The average molecular weight is 449 g/mol. The van der Waals surface area contributed by atoms with Crippen molar-refractivity contribution in [3.63, 3.8) is 0 Å². The van der Waals surface area contributed by atoms with Crippen LogP contribution in [-0.2, 0) is 11.2 Å². The first-order chi connectivity index (χ1) is 14.5. The van der Waals surface area contributed by atoms with Crippen LogP contribution in [0, 0.1) is 0 Å². The molecule has 0 bridgehead atoms. The molecule has 0 aliphatic carbocycles. The molecule has 3 heterocycles. The van der Waals surface area contributed by atoms with Crippen LogP contribution in [0.5, 0.6) is 0 Å². The third-order valence-electron chi connectivity index (χ3n) is 5.16. The third-order valence-corrected chi connectivity index (χ3v) is 6.42. The highest BCUT2D eigenvalue weighted by molar-refractivity contribution is 7.13. The molecule has 3 aromatic rings. The minimum atomic E-state index is -1.43. The Hall–Kier alpha value is -1.91. The number of ether oxygens (including phenoxy) is 1. The monoisotopic (exact) mass is 448 g/mol. The summed E-state index contributed by atoms with van der Waals surface area (Å²) in [4.78, 5) is 1.04. The molecule has 1 aromatic carbocycles. The summed E-state index contributed by atoms with van der Waals surface area (Å²) in [5, 5.41) is 50.9. The van der Waals surface area contributed by atoms with Gasteiger partial charge in [0, 0.05) is 11.4 Å². The van der Waals surface area contributed by atoms with Crippen LogP contribution in [0.15, 0.2) is 47.8 Å². The largest absolute Gasteiger partial charge is 0.394 e. The lowest BCUT2D eigenvalue weighted by Crippen LogP contribution is -2.55. The first-order valence-corrected chi connectivity index (χ1v) is 10.7. The number of aliphatic hydroxyl groups is 4. The number of nitrogens with zero attached hydrogens (tertiary/aromatic N) is 2. The summed E-state index contributed by atoms with van der Waals surface area (Å²) in [7, 11) is 0. The summed E-state index contributed by atoms with van der Waals surface area (Å²) in [6, 6.07) is 12.9. The van der Waals surface area contributed by atoms with Gasteiger partial charge in [0.2, 0.25) is 0 Å². The second-order valence-electron chi connectivity index (χ2n) is 7.16. The molecular formula is C21H21ClN2O5S. The van der Waals surface area contributed by atoms with E-state index >= 15 is 0 Å². The lowest BCUT2D eigenvalue weighted by Gasteiger charge is -2.40. The summed E-state index contributed by atoms with van der Waals surface area (Å²) in [5.41, 5.74) is 2.86. The van der Waals surface area contributed by atoms with Crippen LogP contribution in [0.3, 0.4) is 0 Å². The molecule has 0 unspecified atom stereocenters. The Morgan fingerprint density at radius 2 is 1.83 bits per heavy atom. The zero-order valence-corrected chi connectivity index (χ0v) is 17.4. The van der Waals surface area contributed by atoms with Gasteiger partial charge in [-0.25, -0.2) is 0 Å². The van der Waals surface area contributed by atoms with Crippen LogP contribution >= 0.6 is 22.9 Å². The van der Waals surface area contributed by atoms with Crippen LogP contribution < -0.4 is 0 Å². The van der Waals surface area contributed by atoms with Gasteiger partial charge in [-0.05, 0) is 40.8 Å². The van der Waals surface area contributed by atoms with Crippen molar-refractivity contribution in [3.8, 4) is 10.6 Å². The number of thiophene rings is 1. The topological polar surface area (TPSA) is 116 Å². The molecule has 1 fully saturated rings. The number of hydrogen-bond acceptors (Lipinski definition) is 8. The predicted octanol–water partition coefficient (Wildman–Crippen LogP) is 1.96. The second kappa shape index (κ2) is 9.07. The van der Waals surface area contributed by atoms with E-state index in [1.807, 2.05) is 29.6 Å². The predicted molar refractivity (Wildman–Crippen MR) is 112 cm³/mol. The molecule has 0 saturated carbocycles. The Balaban J connectivity index is 1.56. The molecule has 5 atom stereocenters. The van der Waals surface area contributed by atoms with Crippen molar-refractivity contribution in [1.82, 2.24) is 10.2 Å². The Morgan fingerprint density at radius 3 is 2.50 bits per heavy atom. The van der Waals surface area contributed by atoms with Gasteiger partial charge in [-0.15, -0.1) is 16.4 Å². The number of rotatable bonds is 5. The summed E-state index contributed by atoms with van der Waals surface area (Å²) in [5.74, 6) is 0. The smallest absolute Gasteiger partial charge is 0.113 e. The fraction of sp³-hybridized carbons (Fsp3) is 0.333. The standard InChI is InChI=1S/C21H21ClN2O5S/c22-14-5-3-11(21-20(28)19(27)18(26)16(10-25)29-21)8-12(14)9-13-4-6-15(24-23-13)17-2-1-7-30-17/h1-8,16,18-21,25-28H,9-10H2/t16-,18-,19+,20-,21+/m1/s1. The van der Waals surface area contributed by atoms with Gasteiger partial charge in [0.15, 0.2) is 0 Å². The average Bonchev–Trinajstić information content (AvgIpc) is 3.30. The quantitative estimate of drug-likeness (QED) is 0.471. The van der Waals surface area contributed by atoms with Crippen LogP contribution in [0.25, 0.3) is 10.6 Å². The Morgan fingerprint density at radius 1 is 1.00 bits per heavy atom. The molecule has 9 heteroatoms. The molecule has 0 radical (unpaired) electrons. The minimum absolute atomic E-state index is 0.418. The molecule has 1 saturated heterocycles. The summed E-state index contributed by atoms with van der Waals surface area (Å²) >= 11 is 7.95. The fourth-order valence-corrected chi connectivity index (χ4v) is 4.36. The molecule has 158 valence electrons. The SMILES string of the molecule is OC[C@H]1O[C@@H](c2ccc(Cl)c(Cc3ccc(-c4cccs4)nn3)c2)[C@H](O)[C@@H](O)[C@@H]1O. The van der Waals surface area contributed by atoms with Gasteiger partial charge in [-0.2, -0.15) is 5.10 Å². The number of halogens is 1. The fourth-order valence-electron chi connectivity index (χ4n) is 3.49. The van der Waals surface area contributed by atoms with Gasteiger partial charge in [-0.3, -0.25) is 0 Å². The molecule has 0 amide bonds. The first kappa shape index (κ1) is 21.3. The minimum Gasteiger partial charge on any atom is -0.394 e. The van der Waals surface area contributed by atoms with Gasteiger partial charge in [0.25, 0.3) is 0 Å². The normalized spacial score (nSPS) is 26.6. The molecule has 1 aliphatic heterocycles. The molecule has 4 rings (SSSR count). The number of aliphatic hydroxyl groups excluding tert-OH is 4. The molecule has 30 heavy (non-hydrogen) atoms. The van der Waals surface area contributed by atoms with Crippen molar-refractivity contribution >= 4 is 22.9 Å². The van der Waals surface area contributed by atoms with E-state index in [9.17, 15) is 20.4 Å². The maximum atomic E-state index is 10.4. The van der Waals surface area contributed by atoms with Crippen LogP contribution in [0.4, 0.5) is 0 Å². The molecule has 1 aliphatic rings. The molecule has 4 N–H and O–H groups in total. The Kier molecular flexibility index (Phi) is 6.45. The van der Waals surface area contributed by atoms with E-state index in [1.54, 1.807) is 29.5 Å². The molecule has 2 aromatic heterocycles. The van der Waals surface area contributed by atoms with Gasteiger partial charge >= 0.3 is 0 Å². The van der Waals surface area contributed by atoms with Crippen LogP contribution in [-0.4, -0.2) is 61.6 Å². The zero-order chi connectivity index (χ0) is 21.3. The molecular weight excluding hydrogens is 428 g/mol. The summed E-state index contributed by atoms with van der Waals surface area (Å²) in [6.45, 7) is -0.478. The van der Waals surface area contributed by atoms with Gasteiger partial charge in [0.1, 0.15) is 36.2 Å². The highest BCUT2D eigenvalue weighted by atomic mass is 35.5. The highest BCUT2D eigenvalue weighted by Crippen LogP contribution is 2.34. The van der Waals surface area contributed by atoms with Gasteiger partial charge < -0.3 is 25.2 Å².